The van der Waals surface area contributed by atoms with Crippen molar-refractivity contribution in [2.75, 3.05) is 0 Å². The highest BCUT2D eigenvalue weighted by molar-refractivity contribution is 7.17. The minimum atomic E-state index is -0.221. The molecular formula is C15H16OS. The van der Waals surface area contributed by atoms with E-state index in [0.717, 1.165) is 11.8 Å². The van der Waals surface area contributed by atoms with Gasteiger partial charge in [0.25, 0.3) is 0 Å². The molecule has 3 atom stereocenters. The Morgan fingerprint density at radius 3 is 2.76 bits per heavy atom. The Balaban J connectivity index is 1.70. The van der Waals surface area contributed by atoms with Gasteiger partial charge in [0.15, 0.2) is 0 Å². The summed E-state index contributed by atoms with van der Waals surface area (Å²) in [6.07, 6.45) is 3.84. The lowest BCUT2D eigenvalue weighted by atomic mass is 9.99. The molecular weight excluding hydrogens is 228 g/mol. The minimum absolute atomic E-state index is 0.221. The van der Waals surface area contributed by atoms with Crippen molar-refractivity contribution in [1.82, 2.24) is 0 Å². The van der Waals surface area contributed by atoms with E-state index in [0.29, 0.717) is 5.92 Å². The topological polar surface area (TPSA) is 20.2 Å². The molecule has 1 aromatic carbocycles. The Morgan fingerprint density at radius 2 is 1.94 bits per heavy atom. The Hall–Kier alpha value is -0.860. The largest absolute Gasteiger partial charge is 0.388 e. The van der Waals surface area contributed by atoms with Crippen molar-refractivity contribution in [2.45, 2.75) is 25.4 Å². The number of hydrogen-bond donors (Lipinski definition) is 1. The zero-order chi connectivity index (χ0) is 11.4. The fourth-order valence-corrected chi connectivity index (χ4v) is 4.77. The first-order chi connectivity index (χ1) is 8.36. The molecule has 88 valence electrons. The van der Waals surface area contributed by atoms with Gasteiger partial charge in [0.2, 0.25) is 0 Å². The fourth-order valence-electron chi connectivity index (χ4n) is 3.78. The Labute approximate surface area is 105 Å². The SMILES string of the molecule is OC(c1csc2ccccc12)C1C2CCCC21. The smallest absolute Gasteiger partial charge is 0.0837 e. The van der Waals surface area contributed by atoms with Crippen LogP contribution in [0.25, 0.3) is 10.1 Å². The molecule has 2 heteroatoms. The second kappa shape index (κ2) is 3.56. The van der Waals surface area contributed by atoms with Crippen LogP contribution in [0.5, 0.6) is 0 Å². The summed E-state index contributed by atoms with van der Waals surface area (Å²) >= 11 is 1.76. The normalized spacial score (nSPS) is 32.6. The highest BCUT2D eigenvalue weighted by Gasteiger charge is 2.56. The van der Waals surface area contributed by atoms with Crippen molar-refractivity contribution in [1.29, 1.82) is 0 Å². The van der Waals surface area contributed by atoms with Gasteiger partial charge in [0, 0.05) is 4.70 Å². The second-order valence-electron chi connectivity index (χ2n) is 5.47. The first-order valence-electron chi connectivity index (χ1n) is 6.50. The van der Waals surface area contributed by atoms with Crippen LogP contribution < -0.4 is 0 Å². The molecule has 2 aromatic rings. The Morgan fingerprint density at radius 1 is 1.18 bits per heavy atom. The third-order valence-corrected chi connectivity index (χ3v) is 5.65. The number of rotatable bonds is 2. The number of benzene rings is 1. The van der Waals surface area contributed by atoms with Gasteiger partial charge in [-0.2, -0.15) is 0 Å². The molecule has 1 aromatic heterocycles. The number of aliphatic hydroxyl groups excluding tert-OH is 1. The molecule has 1 N–H and O–H groups in total. The van der Waals surface area contributed by atoms with Crippen LogP contribution in [0.3, 0.4) is 0 Å². The van der Waals surface area contributed by atoms with Gasteiger partial charge < -0.3 is 5.11 Å². The van der Waals surface area contributed by atoms with Gasteiger partial charge in [0.1, 0.15) is 0 Å². The summed E-state index contributed by atoms with van der Waals surface area (Å²) < 4.78 is 1.30. The third kappa shape index (κ3) is 1.40. The summed E-state index contributed by atoms with van der Waals surface area (Å²) in [6.45, 7) is 0. The van der Waals surface area contributed by atoms with E-state index in [1.165, 1.54) is 34.9 Å². The van der Waals surface area contributed by atoms with Gasteiger partial charge in [-0.25, -0.2) is 0 Å². The van der Waals surface area contributed by atoms with E-state index in [2.05, 4.69) is 29.6 Å². The van der Waals surface area contributed by atoms with Crippen molar-refractivity contribution in [3.8, 4) is 0 Å². The minimum Gasteiger partial charge on any atom is -0.388 e. The first-order valence-corrected chi connectivity index (χ1v) is 7.38. The molecule has 0 aliphatic heterocycles. The number of thiophene rings is 1. The van der Waals surface area contributed by atoms with Crippen LogP contribution in [0.1, 0.15) is 30.9 Å². The van der Waals surface area contributed by atoms with Crippen LogP contribution >= 0.6 is 11.3 Å². The van der Waals surface area contributed by atoms with Crippen molar-refractivity contribution < 1.29 is 5.11 Å². The standard InChI is InChI=1S/C15H16OS/c16-15(14-10-5-3-6-11(10)14)12-8-17-13-7-2-1-4-9(12)13/h1-2,4,7-8,10-11,14-16H,3,5-6H2. The lowest BCUT2D eigenvalue weighted by Gasteiger charge is -2.11. The average Bonchev–Trinajstić information content (AvgIpc) is 2.77. The third-order valence-electron chi connectivity index (χ3n) is 4.67. The number of fused-ring (bicyclic) bond motifs is 2. The quantitative estimate of drug-likeness (QED) is 0.847. The van der Waals surface area contributed by atoms with Gasteiger partial charge in [-0.3, -0.25) is 0 Å². The molecule has 0 amide bonds. The van der Waals surface area contributed by atoms with E-state index in [1.807, 2.05) is 0 Å². The zero-order valence-electron chi connectivity index (χ0n) is 9.67. The summed E-state index contributed by atoms with van der Waals surface area (Å²) in [5.41, 5.74) is 1.17. The highest BCUT2D eigenvalue weighted by atomic mass is 32.1. The van der Waals surface area contributed by atoms with E-state index < -0.39 is 0 Å². The Bertz CT molecular complexity index is 549. The maximum atomic E-state index is 10.6. The summed E-state index contributed by atoms with van der Waals surface area (Å²) in [5, 5.41) is 14.0. The predicted molar refractivity (Wildman–Crippen MR) is 71.1 cm³/mol. The zero-order valence-corrected chi connectivity index (χ0v) is 10.5. The van der Waals surface area contributed by atoms with Crippen LogP contribution in [0.4, 0.5) is 0 Å². The maximum absolute atomic E-state index is 10.6. The van der Waals surface area contributed by atoms with Crippen LogP contribution in [-0.4, -0.2) is 5.11 Å². The molecule has 1 nitrogen and oxygen atoms in total. The molecule has 2 aliphatic rings. The van der Waals surface area contributed by atoms with E-state index >= 15 is 0 Å². The maximum Gasteiger partial charge on any atom is 0.0837 e. The summed E-state index contributed by atoms with van der Waals surface area (Å²) in [5.74, 6) is 2.20. The number of aliphatic hydroxyl groups is 1. The average molecular weight is 244 g/mol. The molecule has 2 saturated carbocycles. The molecule has 0 bridgehead atoms. The van der Waals surface area contributed by atoms with Gasteiger partial charge in [-0.05, 0) is 53.0 Å². The molecule has 3 unspecified atom stereocenters. The van der Waals surface area contributed by atoms with Crippen molar-refractivity contribution in [3.63, 3.8) is 0 Å². The van der Waals surface area contributed by atoms with Crippen LogP contribution in [0, 0.1) is 17.8 Å². The molecule has 1 heterocycles. The lowest BCUT2D eigenvalue weighted by Crippen LogP contribution is -2.03. The fraction of sp³-hybridized carbons (Fsp3) is 0.467. The van der Waals surface area contributed by atoms with Crippen molar-refractivity contribution >= 4 is 21.4 Å². The van der Waals surface area contributed by atoms with Crippen molar-refractivity contribution in [2.24, 2.45) is 17.8 Å². The van der Waals surface area contributed by atoms with E-state index in [4.69, 9.17) is 0 Å². The van der Waals surface area contributed by atoms with E-state index in [1.54, 1.807) is 11.3 Å². The lowest BCUT2D eigenvalue weighted by molar-refractivity contribution is 0.139. The molecule has 0 saturated heterocycles. The van der Waals surface area contributed by atoms with Gasteiger partial charge in [-0.15, -0.1) is 11.3 Å². The van der Waals surface area contributed by atoms with Crippen LogP contribution in [0.15, 0.2) is 29.6 Å². The molecule has 4 rings (SSSR count). The van der Waals surface area contributed by atoms with Crippen LogP contribution in [-0.2, 0) is 0 Å². The summed E-state index contributed by atoms with van der Waals surface area (Å²) in [7, 11) is 0. The highest BCUT2D eigenvalue weighted by Crippen LogP contribution is 2.62. The summed E-state index contributed by atoms with van der Waals surface area (Å²) in [6, 6.07) is 8.42. The van der Waals surface area contributed by atoms with Crippen LogP contribution in [0.2, 0.25) is 0 Å². The second-order valence-corrected chi connectivity index (χ2v) is 6.38. The Kier molecular flexibility index (Phi) is 2.12. The molecule has 0 spiro atoms. The van der Waals surface area contributed by atoms with Gasteiger partial charge >= 0.3 is 0 Å². The predicted octanol–water partition coefficient (Wildman–Crippen LogP) is 3.98. The summed E-state index contributed by atoms with van der Waals surface area (Å²) in [4.78, 5) is 0. The van der Waals surface area contributed by atoms with Gasteiger partial charge in [0.05, 0.1) is 6.10 Å². The van der Waals surface area contributed by atoms with Gasteiger partial charge in [-0.1, -0.05) is 24.6 Å². The molecule has 0 radical (unpaired) electrons. The van der Waals surface area contributed by atoms with E-state index in [-0.39, 0.29) is 6.10 Å². The molecule has 17 heavy (non-hydrogen) atoms. The van der Waals surface area contributed by atoms with Crippen molar-refractivity contribution in [3.05, 3.63) is 35.2 Å². The molecule has 2 aliphatic carbocycles. The van der Waals surface area contributed by atoms with E-state index in [9.17, 15) is 5.11 Å². The molecule has 2 fully saturated rings. The first kappa shape index (κ1) is 10.1. The number of hydrogen-bond acceptors (Lipinski definition) is 2. The monoisotopic (exact) mass is 244 g/mol.